The highest BCUT2D eigenvalue weighted by atomic mass is 32.2. The molecule has 0 atom stereocenters. The van der Waals surface area contributed by atoms with E-state index in [1.54, 1.807) is 18.2 Å². The number of nitrogens with zero attached hydrogens (tertiary/aromatic N) is 2. The van der Waals surface area contributed by atoms with Gasteiger partial charge in [0.25, 0.3) is 5.91 Å². The summed E-state index contributed by atoms with van der Waals surface area (Å²) in [6.07, 6.45) is -1.27. The Bertz CT molecular complexity index is 1250. The van der Waals surface area contributed by atoms with Crippen LogP contribution in [0.4, 0.5) is 13.2 Å². The SMILES string of the molecule is O=C(NCCCS(=O)(=O)c1ccccc1)c1cnn(-c2cccc(C(F)(F)F)c2)c1C1CC1. The Morgan fingerprint density at radius 3 is 2.48 bits per heavy atom. The molecule has 0 spiro atoms. The van der Waals surface area contributed by atoms with Crippen molar-refractivity contribution in [3.8, 4) is 5.69 Å². The van der Waals surface area contributed by atoms with Gasteiger partial charge in [0.1, 0.15) is 0 Å². The van der Waals surface area contributed by atoms with Crippen LogP contribution in [0.25, 0.3) is 5.69 Å². The standard InChI is InChI=1S/C23H22F3N3O3S/c24-23(25,26)17-6-4-7-18(14-17)29-21(16-10-11-16)20(15-28-29)22(30)27-12-5-13-33(31,32)19-8-2-1-3-9-19/h1-4,6-9,14-16H,5,10-13H2,(H,27,30). The summed E-state index contributed by atoms with van der Waals surface area (Å²) in [6.45, 7) is 0.143. The zero-order valence-electron chi connectivity index (χ0n) is 17.5. The number of hydrogen-bond donors (Lipinski definition) is 1. The van der Waals surface area contributed by atoms with Crippen LogP contribution in [0.2, 0.25) is 0 Å². The lowest BCUT2D eigenvalue weighted by Crippen LogP contribution is -2.26. The van der Waals surface area contributed by atoms with Crippen LogP contribution < -0.4 is 5.32 Å². The molecule has 0 radical (unpaired) electrons. The topological polar surface area (TPSA) is 81.1 Å². The molecule has 174 valence electrons. The molecular weight excluding hydrogens is 455 g/mol. The number of halogens is 3. The summed E-state index contributed by atoms with van der Waals surface area (Å²) in [7, 11) is -3.44. The molecule has 1 aromatic heterocycles. The van der Waals surface area contributed by atoms with Gasteiger partial charge in [-0.05, 0) is 49.6 Å². The van der Waals surface area contributed by atoms with Crippen molar-refractivity contribution in [3.05, 3.63) is 77.6 Å². The van der Waals surface area contributed by atoms with Crippen molar-refractivity contribution in [1.29, 1.82) is 0 Å². The first-order valence-corrected chi connectivity index (χ1v) is 12.1. The summed E-state index contributed by atoms with van der Waals surface area (Å²) in [4.78, 5) is 13.0. The summed E-state index contributed by atoms with van der Waals surface area (Å²) in [5.74, 6) is -0.496. The van der Waals surface area contributed by atoms with E-state index in [2.05, 4.69) is 10.4 Å². The van der Waals surface area contributed by atoms with Crippen LogP contribution in [0.1, 0.15) is 46.8 Å². The third-order valence-corrected chi connectivity index (χ3v) is 7.23. The Balaban J connectivity index is 1.46. The third kappa shape index (κ3) is 5.27. The normalized spacial score (nSPS) is 14.3. The molecule has 1 N–H and O–H groups in total. The molecule has 0 aliphatic heterocycles. The Morgan fingerprint density at radius 2 is 1.82 bits per heavy atom. The average molecular weight is 478 g/mol. The fraction of sp³-hybridized carbons (Fsp3) is 0.304. The van der Waals surface area contributed by atoms with E-state index >= 15 is 0 Å². The molecule has 0 saturated heterocycles. The first-order valence-electron chi connectivity index (χ1n) is 10.5. The zero-order chi connectivity index (χ0) is 23.6. The van der Waals surface area contributed by atoms with Gasteiger partial charge in [-0.3, -0.25) is 4.79 Å². The van der Waals surface area contributed by atoms with Gasteiger partial charge in [0.2, 0.25) is 0 Å². The van der Waals surface area contributed by atoms with E-state index in [0.717, 1.165) is 25.0 Å². The molecule has 2 aromatic carbocycles. The van der Waals surface area contributed by atoms with Gasteiger partial charge in [-0.2, -0.15) is 18.3 Å². The summed E-state index contributed by atoms with van der Waals surface area (Å²) in [6, 6.07) is 12.9. The van der Waals surface area contributed by atoms with E-state index in [1.165, 1.54) is 35.1 Å². The molecule has 1 saturated carbocycles. The van der Waals surface area contributed by atoms with Crippen molar-refractivity contribution in [3.63, 3.8) is 0 Å². The van der Waals surface area contributed by atoms with Crippen molar-refractivity contribution in [2.24, 2.45) is 0 Å². The third-order valence-electron chi connectivity index (χ3n) is 5.41. The van der Waals surface area contributed by atoms with Crippen LogP contribution >= 0.6 is 0 Å². The molecule has 10 heteroatoms. The highest BCUT2D eigenvalue weighted by molar-refractivity contribution is 7.91. The average Bonchev–Trinajstić information content (AvgIpc) is 3.54. The molecule has 3 aromatic rings. The van der Waals surface area contributed by atoms with E-state index in [1.807, 2.05) is 0 Å². The zero-order valence-corrected chi connectivity index (χ0v) is 18.4. The van der Waals surface area contributed by atoms with Gasteiger partial charge in [-0.1, -0.05) is 24.3 Å². The number of alkyl halides is 3. The van der Waals surface area contributed by atoms with E-state index in [0.29, 0.717) is 11.3 Å². The van der Waals surface area contributed by atoms with Crippen LogP contribution in [0.3, 0.4) is 0 Å². The van der Waals surface area contributed by atoms with Crippen LogP contribution in [0, 0.1) is 0 Å². The molecular formula is C23H22F3N3O3S. The minimum Gasteiger partial charge on any atom is -0.352 e. The molecule has 0 bridgehead atoms. The number of carbonyl (C=O) groups excluding carboxylic acids is 1. The number of carbonyl (C=O) groups is 1. The lowest BCUT2D eigenvalue weighted by molar-refractivity contribution is -0.137. The maximum absolute atomic E-state index is 13.1. The summed E-state index contributed by atoms with van der Waals surface area (Å²) in [5, 5.41) is 6.90. The van der Waals surface area contributed by atoms with Crippen molar-refractivity contribution in [2.45, 2.75) is 36.3 Å². The molecule has 33 heavy (non-hydrogen) atoms. The fourth-order valence-corrected chi connectivity index (χ4v) is 4.94. The molecule has 1 heterocycles. The second-order valence-corrected chi connectivity index (χ2v) is 10.0. The number of rotatable bonds is 8. The Kier molecular flexibility index (Phi) is 6.29. The van der Waals surface area contributed by atoms with Gasteiger partial charge < -0.3 is 5.32 Å². The second kappa shape index (κ2) is 9.01. The minimum absolute atomic E-state index is 0.0428. The van der Waals surface area contributed by atoms with Crippen LogP contribution in [0.15, 0.2) is 65.7 Å². The smallest absolute Gasteiger partial charge is 0.352 e. The maximum Gasteiger partial charge on any atom is 0.416 e. The molecule has 1 fully saturated rings. The van der Waals surface area contributed by atoms with Crippen LogP contribution in [-0.2, 0) is 16.0 Å². The lowest BCUT2D eigenvalue weighted by atomic mass is 10.1. The van der Waals surface area contributed by atoms with E-state index in [9.17, 15) is 26.4 Å². The molecule has 4 rings (SSSR count). The van der Waals surface area contributed by atoms with Crippen LogP contribution in [-0.4, -0.2) is 36.4 Å². The predicted molar refractivity (Wildman–Crippen MR) is 116 cm³/mol. The molecule has 1 aliphatic carbocycles. The quantitative estimate of drug-likeness (QED) is 0.489. The monoisotopic (exact) mass is 477 g/mol. The largest absolute Gasteiger partial charge is 0.416 e. The number of sulfone groups is 1. The minimum atomic E-state index is -4.48. The van der Waals surface area contributed by atoms with Crippen molar-refractivity contribution in [2.75, 3.05) is 12.3 Å². The highest BCUT2D eigenvalue weighted by Gasteiger charge is 2.34. The predicted octanol–water partition coefficient (Wildman–Crippen LogP) is 4.36. The van der Waals surface area contributed by atoms with Gasteiger partial charge in [-0.15, -0.1) is 0 Å². The first-order chi connectivity index (χ1) is 15.7. The van der Waals surface area contributed by atoms with Gasteiger partial charge in [-0.25, -0.2) is 13.1 Å². The first kappa shape index (κ1) is 23.0. The summed E-state index contributed by atoms with van der Waals surface area (Å²) >= 11 is 0. The van der Waals surface area contributed by atoms with Gasteiger partial charge in [0.05, 0.1) is 39.4 Å². The number of hydrogen-bond acceptors (Lipinski definition) is 4. The highest BCUT2D eigenvalue weighted by Crippen LogP contribution is 2.42. The maximum atomic E-state index is 13.1. The van der Waals surface area contributed by atoms with Crippen molar-refractivity contribution in [1.82, 2.24) is 15.1 Å². The van der Waals surface area contributed by atoms with Gasteiger partial charge in [0.15, 0.2) is 9.84 Å². The Labute approximate surface area is 189 Å². The summed E-state index contributed by atoms with van der Waals surface area (Å²) in [5.41, 5.74) is 0.312. The van der Waals surface area contributed by atoms with Crippen molar-refractivity contribution >= 4 is 15.7 Å². The second-order valence-electron chi connectivity index (χ2n) is 7.92. The number of nitrogens with one attached hydrogen (secondary N) is 1. The van der Waals surface area contributed by atoms with E-state index < -0.39 is 27.5 Å². The molecule has 1 amide bonds. The summed E-state index contributed by atoms with van der Waals surface area (Å²) < 4.78 is 65.4. The Hall–Kier alpha value is -3.14. The number of aromatic nitrogens is 2. The molecule has 0 unspecified atom stereocenters. The van der Waals surface area contributed by atoms with Gasteiger partial charge >= 0.3 is 6.18 Å². The van der Waals surface area contributed by atoms with Crippen molar-refractivity contribution < 1.29 is 26.4 Å². The molecule has 1 aliphatic rings. The van der Waals surface area contributed by atoms with E-state index in [4.69, 9.17) is 0 Å². The number of amides is 1. The van der Waals surface area contributed by atoms with Crippen LogP contribution in [0.5, 0.6) is 0 Å². The van der Waals surface area contributed by atoms with Gasteiger partial charge in [0, 0.05) is 12.5 Å². The fourth-order valence-electron chi connectivity index (χ4n) is 3.61. The molecule has 6 nitrogen and oxygen atoms in total. The van der Waals surface area contributed by atoms with E-state index in [-0.39, 0.29) is 35.2 Å². The number of benzene rings is 2. The lowest BCUT2D eigenvalue weighted by Gasteiger charge is -2.12. The Morgan fingerprint density at radius 1 is 1.09 bits per heavy atom.